The Bertz CT molecular complexity index is 1640. The number of aryl methyl sites for hydroxylation is 2. The average Bonchev–Trinajstić information content (AvgIpc) is 3.35. The predicted octanol–water partition coefficient (Wildman–Crippen LogP) is 5.75. The molecule has 3 aromatic carbocycles. The molecule has 228 valence electrons. The number of nitrogens with zero attached hydrogens (tertiary/aromatic N) is 2. The molecule has 0 spiro atoms. The van der Waals surface area contributed by atoms with Crippen LogP contribution in [-0.2, 0) is 35.3 Å². The maximum absolute atomic E-state index is 13.0. The van der Waals surface area contributed by atoms with Crippen molar-refractivity contribution < 1.29 is 18.3 Å². The minimum Gasteiger partial charge on any atom is -0.396 e. The lowest BCUT2D eigenvalue weighted by Crippen LogP contribution is -2.37. The second-order valence-corrected chi connectivity index (χ2v) is 14.0. The quantitative estimate of drug-likeness (QED) is 0.186. The Morgan fingerprint density at radius 1 is 1.02 bits per heavy atom. The number of hydrogen-bond acceptors (Lipinski definition) is 5. The maximum Gasteiger partial charge on any atom is 0.251 e. The van der Waals surface area contributed by atoms with Crippen molar-refractivity contribution in [3.05, 3.63) is 107 Å². The lowest BCUT2D eigenvalue weighted by Gasteiger charge is -2.18. The van der Waals surface area contributed by atoms with Gasteiger partial charge in [-0.1, -0.05) is 74.8 Å². The highest BCUT2D eigenvalue weighted by atomic mass is 35.5. The van der Waals surface area contributed by atoms with Crippen LogP contribution in [-0.4, -0.2) is 47.4 Å². The molecule has 0 aliphatic rings. The van der Waals surface area contributed by atoms with Gasteiger partial charge in [-0.25, -0.2) is 13.4 Å². The number of rotatable bonds is 12. The third-order valence-corrected chi connectivity index (χ3v) is 8.77. The number of nitrogens with one attached hydrogen (secondary N) is 2. The van der Waals surface area contributed by atoms with E-state index in [1.165, 1.54) is 0 Å². The van der Waals surface area contributed by atoms with Gasteiger partial charge < -0.3 is 15.0 Å². The highest BCUT2D eigenvalue weighted by Gasteiger charge is 2.21. The Morgan fingerprint density at radius 2 is 1.70 bits per heavy atom. The molecule has 0 saturated heterocycles. The third kappa shape index (κ3) is 8.92. The van der Waals surface area contributed by atoms with Gasteiger partial charge in [0.15, 0.2) is 0 Å². The summed E-state index contributed by atoms with van der Waals surface area (Å²) in [5, 5.41) is 13.2. The molecule has 4 rings (SSSR count). The number of hydrogen-bond donors (Lipinski definition) is 3. The molecule has 4 aromatic rings. The molecule has 1 aromatic heterocycles. The summed E-state index contributed by atoms with van der Waals surface area (Å²) in [6.07, 6.45) is 3.25. The van der Waals surface area contributed by atoms with Crippen molar-refractivity contribution in [3.63, 3.8) is 0 Å². The summed E-state index contributed by atoms with van der Waals surface area (Å²) in [5.41, 5.74) is 4.40. The van der Waals surface area contributed by atoms with E-state index in [9.17, 15) is 18.3 Å². The summed E-state index contributed by atoms with van der Waals surface area (Å²) in [6.45, 7) is 6.34. The lowest BCUT2D eigenvalue weighted by molar-refractivity contribution is 0.0930. The zero-order valence-electron chi connectivity index (χ0n) is 25.0. The van der Waals surface area contributed by atoms with E-state index < -0.39 is 10.0 Å². The van der Waals surface area contributed by atoms with E-state index in [-0.39, 0.29) is 36.1 Å². The van der Waals surface area contributed by atoms with Gasteiger partial charge in [-0.3, -0.25) is 9.52 Å². The third-order valence-electron chi connectivity index (χ3n) is 7.11. The first-order valence-electron chi connectivity index (χ1n) is 14.2. The van der Waals surface area contributed by atoms with E-state index in [0.717, 1.165) is 28.2 Å². The van der Waals surface area contributed by atoms with Crippen LogP contribution in [0.25, 0.3) is 11.3 Å². The van der Waals surface area contributed by atoms with Gasteiger partial charge in [0.25, 0.3) is 5.91 Å². The molecule has 8 nitrogen and oxygen atoms in total. The summed E-state index contributed by atoms with van der Waals surface area (Å²) >= 11 is 6.14. The first-order valence-corrected chi connectivity index (χ1v) is 16.3. The Labute approximate surface area is 259 Å². The second kappa shape index (κ2) is 13.8. The molecule has 0 aliphatic carbocycles. The largest absolute Gasteiger partial charge is 0.396 e. The second-order valence-electron chi connectivity index (χ2n) is 11.7. The fourth-order valence-electron chi connectivity index (χ4n) is 4.91. The summed E-state index contributed by atoms with van der Waals surface area (Å²) in [6, 6.07) is 21.2. The molecular weight excluding hydrogens is 584 g/mol. The zero-order valence-corrected chi connectivity index (χ0v) is 26.5. The summed E-state index contributed by atoms with van der Waals surface area (Å²) in [4.78, 5) is 17.8. The first kappa shape index (κ1) is 32.3. The van der Waals surface area contributed by atoms with E-state index in [1.807, 2.05) is 43.6 Å². The van der Waals surface area contributed by atoms with Gasteiger partial charge in [0.1, 0.15) is 5.82 Å². The zero-order chi connectivity index (χ0) is 31.2. The number of carbonyl (C=O) groups excluding carboxylic acids is 1. The van der Waals surface area contributed by atoms with E-state index in [4.69, 9.17) is 16.6 Å². The normalized spacial score (nSPS) is 12.6. The monoisotopic (exact) mass is 622 g/mol. The van der Waals surface area contributed by atoms with Gasteiger partial charge in [0, 0.05) is 53.1 Å². The number of aliphatic hydroxyl groups is 1. The number of imidazole rings is 1. The van der Waals surface area contributed by atoms with Crippen LogP contribution in [0.15, 0.2) is 79.0 Å². The number of sulfonamides is 1. The molecular formula is C33H39ClN4O4S. The van der Waals surface area contributed by atoms with Gasteiger partial charge in [0.05, 0.1) is 11.4 Å². The van der Waals surface area contributed by atoms with E-state index in [0.29, 0.717) is 29.1 Å². The van der Waals surface area contributed by atoms with E-state index >= 15 is 0 Å². The predicted molar refractivity (Wildman–Crippen MR) is 173 cm³/mol. The van der Waals surface area contributed by atoms with Crippen molar-refractivity contribution in [2.45, 2.75) is 51.5 Å². The van der Waals surface area contributed by atoms with Crippen LogP contribution in [0.5, 0.6) is 0 Å². The number of aromatic nitrogens is 2. The molecule has 0 saturated carbocycles. The van der Waals surface area contributed by atoms with Crippen molar-refractivity contribution in [3.8, 4) is 11.3 Å². The smallest absolute Gasteiger partial charge is 0.251 e. The van der Waals surface area contributed by atoms with Gasteiger partial charge in [-0.15, -0.1) is 0 Å². The molecule has 0 unspecified atom stereocenters. The first-order chi connectivity index (χ1) is 20.3. The molecule has 1 amide bonds. The highest BCUT2D eigenvalue weighted by molar-refractivity contribution is 7.92. The average molecular weight is 623 g/mol. The Hall–Kier alpha value is -3.66. The molecule has 0 bridgehead atoms. The topological polar surface area (TPSA) is 113 Å². The lowest BCUT2D eigenvalue weighted by atomic mass is 9.96. The highest BCUT2D eigenvalue weighted by Crippen LogP contribution is 2.26. The van der Waals surface area contributed by atoms with E-state index in [1.54, 1.807) is 42.5 Å². The fraction of sp³-hybridized carbons (Fsp3) is 0.333. The summed E-state index contributed by atoms with van der Waals surface area (Å²) < 4.78 is 29.8. The molecule has 0 fully saturated rings. The number of amides is 1. The number of aliphatic hydroxyl groups excluding tert-OH is 1. The molecule has 1 heterocycles. The Kier molecular flexibility index (Phi) is 10.3. The number of benzene rings is 3. The minimum absolute atomic E-state index is 0.0606. The molecule has 1 atom stereocenters. The van der Waals surface area contributed by atoms with Gasteiger partial charge in [-0.05, 0) is 60.7 Å². The van der Waals surface area contributed by atoms with Crippen molar-refractivity contribution in [2.75, 3.05) is 17.1 Å². The number of halogens is 1. The van der Waals surface area contributed by atoms with Crippen LogP contribution >= 0.6 is 11.6 Å². The Morgan fingerprint density at radius 3 is 2.30 bits per heavy atom. The van der Waals surface area contributed by atoms with E-state index in [2.05, 4.69) is 35.4 Å². The summed E-state index contributed by atoms with van der Waals surface area (Å²) in [5.74, 6) is 0.588. The maximum atomic E-state index is 13.0. The molecule has 3 N–H and O–H groups in total. The van der Waals surface area contributed by atoms with Crippen LogP contribution in [0.3, 0.4) is 0 Å². The van der Waals surface area contributed by atoms with Crippen molar-refractivity contribution in [1.29, 1.82) is 0 Å². The standard InChI is InChI=1S/C33H39ClN4O4S/c1-33(2,3)32-36-30(22-38(32)4)25-11-9-23(10-12-25)21-28(17-19-39)35-31(40)26-13-15-27(16-14-26)37-43(41,42)20-18-24-7-5-6-8-29(24)34/h5-16,22,28,37,39H,17-21H2,1-4H3,(H,35,40)/t28-/m1/s1. The van der Waals surface area contributed by atoms with Gasteiger partial charge in [-0.2, -0.15) is 0 Å². The van der Waals surface area contributed by atoms with Crippen molar-refractivity contribution in [1.82, 2.24) is 14.9 Å². The molecule has 0 radical (unpaired) electrons. The number of anilines is 1. The fourth-order valence-corrected chi connectivity index (χ4v) is 6.23. The molecule has 43 heavy (non-hydrogen) atoms. The molecule has 0 aliphatic heterocycles. The van der Waals surface area contributed by atoms with Crippen LogP contribution in [0, 0.1) is 0 Å². The SMILES string of the molecule is Cn1cc(-c2ccc(C[C@@H](CCO)NC(=O)c3ccc(NS(=O)(=O)CCc4ccccc4Cl)cc3)cc2)nc1C(C)(C)C. The van der Waals surface area contributed by atoms with Crippen LogP contribution in [0.2, 0.25) is 5.02 Å². The summed E-state index contributed by atoms with van der Waals surface area (Å²) in [7, 11) is -1.61. The molecule has 10 heteroatoms. The minimum atomic E-state index is -3.61. The Balaban J connectivity index is 1.35. The number of carbonyl (C=O) groups is 1. The van der Waals surface area contributed by atoms with Crippen LogP contribution in [0.4, 0.5) is 5.69 Å². The van der Waals surface area contributed by atoms with Crippen molar-refractivity contribution in [2.24, 2.45) is 7.05 Å². The van der Waals surface area contributed by atoms with Crippen molar-refractivity contribution >= 4 is 33.2 Å². The van der Waals surface area contributed by atoms with Crippen LogP contribution < -0.4 is 10.0 Å². The van der Waals surface area contributed by atoms with Gasteiger partial charge >= 0.3 is 0 Å². The van der Waals surface area contributed by atoms with Crippen LogP contribution in [0.1, 0.15) is 54.5 Å². The van der Waals surface area contributed by atoms with Gasteiger partial charge in [0.2, 0.25) is 10.0 Å².